The number of amides is 1. The van der Waals surface area contributed by atoms with E-state index in [9.17, 15) is 13.2 Å². The standard InChI is InChI=1S/C8H10N2O3S.2Na.2H/c1-6(11)10-14(12,13)8-4-2-7(9)3-5-8;;;;/h2-5H,9H2,1H3,(H,10,11);;;;. The Labute approximate surface area is 139 Å². The molecule has 5 nitrogen and oxygen atoms in total. The Hall–Kier alpha value is 0.440. The second kappa shape index (κ2) is 7.71. The van der Waals surface area contributed by atoms with Crippen LogP contribution in [-0.2, 0) is 14.8 Å². The molecule has 0 saturated carbocycles. The van der Waals surface area contributed by atoms with Crippen LogP contribution in [0.1, 0.15) is 6.92 Å². The Morgan fingerprint density at radius 2 is 1.62 bits per heavy atom. The summed E-state index contributed by atoms with van der Waals surface area (Å²) < 4.78 is 24.6. The first-order valence-electron chi connectivity index (χ1n) is 3.81. The Balaban J connectivity index is 0. The van der Waals surface area contributed by atoms with E-state index in [-0.39, 0.29) is 64.0 Å². The van der Waals surface area contributed by atoms with Crippen molar-refractivity contribution >= 4 is 80.7 Å². The fourth-order valence-corrected chi connectivity index (χ4v) is 1.89. The Bertz CT molecular complexity index is 445. The van der Waals surface area contributed by atoms with Crippen molar-refractivity contribution in [2.45, 2.75) is 11.8 Å². The SMILES string of the molecule is CC(=O)NS(=O)(=O)c1ccc(N)cc1.[NaH].[NaH]. The predicted molar refractivity (Wildman–Crippen MR) is 66.2 cm³/mol. The molecule has 3 N–H and O–H groups in total. The molecule has 0 atom stereocenters. The Morgan fingerprint density at radius 1 is 1.19 bits per heavy atom. The van der Waals surface area contributed by atoms with E-state index < -0.39 is 15.9 Å². The van der Waals surface area contributed by atoms with Gasteiger partial charge in [0.25, 0.3) is 10.0 Å². The molecule has 1 amide bonds. The van der Waals surface area contributed by atoms with Gasteiger partial charge < -0.3 is 5.73 Å². The number of hydrogen-bond acceptors (Lipinski definition) is 4. The molecule has 16 heavy (non-hydrogen) atoms. The van der Waals surface area contributed by atoms with Gasteiger partial charge in [0.05, 0.1) is 4.90 Å². The van der Waals surface area contributed by atoms with Crippen LogP contribution in [0.4, 0.5) is 5.69 Å². The Kier molecular flexibility index (Phi) is 9.05. The van der Waals surface area contributed by atoms with Crippen LogP contribution in [0.2, 0.25) is 0 Å². The monoisotopic (exact) mass is 262 g/mol. The van der Waals surface area contributed by atoms with Gasteiger partial charge in [-0.25, -0.2) is 13.1 Å². The Morgan fingerprint density at radius 3 is 2.00 bits per heavy atom. The van der Waals surface area contributed by atoms with Gasteiger partial charge in [-0.3, -0.25) is 4.79 Å². The summed E-state index contributed by atoms with van der Waals surface area (Å²) in [4.78, 5) is 10.6. The molecule has 0 aliphatic carbocycles. The third kappa shape index (κ3) is 5.67. The number of nitrogens with one attached hydrogen (secondary N) is 1. The van der Waals surface area contributed by atoms with E-state index >= 15 is 0 Å². The summed E-state index contributed by atoms with van der Waals surface area (Å²) in [6, 6.07) is 5.57. The van der Waals surface area contributed by atoms with E-state index in [4.69, 9.17) is 5.73 Å². The molecule has 0 unspecified atom stereocenters. The van der Waals surface area contributed by atoms with Crippen molar-refractivity contribution in [2.75, 3.05) is 5.73 Å². The molecule has 0 saturated heterocycles. The van der Waals surface area contributed by atoms with Gasteiger partial charge >= 0.3 is 59.1 Å². The average Bonchev–Trinajstić information content (AvgIpc) is 2.02. The molecule has 0 radical (unpaired) electrons. The van der Waals surface area contributed by atoms with Crippen LogP contribution in [0.3, 0.4) is 0 Å². The van der Waals surface area contributed by atoms with Crippen LogP contribution in [0.15, 0.2) is 29.2 Å². The molecule has 1 aromatic rings. The molecule has 0 heterocycles. The predicted octanol–water partition coefficient (Wildman–Crippen LogP) is -1.20. The van der Waals surface area contributed by atoms with E-state index in [1.807, 2.05) is 4.72 Å². The first kappa shape index (κ1) is 18.8. The number of sulfonamides is 1. The first-order chi connectivity index (χ1) is 6.42. The summed E-state index contributed by atoms with van der Waals surface area (Å²) >= 11 is 0. The summed E-state index contributed by atoms with van der Waals surface area (Å²) in [6.45, 7) is 1.13. The summed E-state index contributed by atoms with van der Waals surface area (Å²) in [5.74, 6) is -0.623. The molecule has 80 valence electrons. The topological polar surface area (TPSA) is 89.3 Å². The number of rotatable bonds is 2. The molecule has 0 fully saturated rings. The summed E-state index contributed by atoms with van der Waals surface area (Å²) in [5, 5.41) is 0. The maximum absolute atomic E-state index is 11.4. The van der Waals surface area contributed by atoms with Crippen molar-refractivity contribution in [3.8, 4) is 0 Å². The number of nitrogens with two attached hydrogens (primary N) is 1. The van der Waals surface area contributed by atoms with Gasteiger partial charge in [-0.2, -0.15) is 0 Å². The summed E-state index contributed by atoms with van der Waals surface area (Å²) in [7, 11) is -3.73. The molecular weight excluding hydrogens is 250 g/mol. The summed E-state index contributed by atoms with van der Waals surface area (Å²) in [6.07, 6.45) is 0. The fourth-order valence-electron chi connectivity index (χ4n) is 0.895. The van der Waals surface area contributed by atoms with Gasteiger partial charge in [-0.15, -0.1) is 0 Å². The number of anilines is 1. The zero-order valence-corrected chi connectivity index (χ0v) is 8.34. The number of benzene rings is 1. The molecule has 0 spiro atoms. The molecular formula is C8H12N2Na2O3S. The van der Waals surface area contributed by atoms with Crippen molar-refractivity contribution in [3.63, 3.8) is 0 Å². The normalized spacial score (nSPS) is 9.56. The number of hydrogen-bond donors (Lipinski definition) is 2. The number of carbonyl (C=O) groups is 1. The second-order valence-electron chi connectivity index (χ2n) is 2.73. The van der Waals surface area contributed by atoms with Gasteiger partial charge in [0, 0.05) is 12.6 Å². The zero-order chi connectivity index (χ0) is 10.8. The van der Waals surface area contributed by atoms with Crippen LogP contribution in [0, 0.1) is 0 Å². The van der Waals surface area contributed by atoms with Crippen molar-refractivity contribution in [2.24, 2.45) is 0 Å². The van der Waals surface area contributed by atoms with Crippen LogP contribution in [-0.4, -0.2) is 73.4 Å². The van der Waals surface area contributed by atoms with Gasteiger partial charge in [0.1, 0.15) is 0 Å². The fraction of sp³-hybridized carbons (Fsp3) is 0.125. The first-order valence-corrected chi connectivity index (χ1v) is 5.29. The summed E-state index contributed by atoms with van der Waals surface area (Å²) in [5.41, 5.74) is 5.85. The zero-order valence-electron chi connectivity index (χ0n) is 7.52. The molecule has 0 aliphatic heterocycles. The molecule has 0 bridgehead atoms. The van der Waals surface area contributed by atoms with Gasteiger partial charge in [0.2, 0.25) is 5.91 Å². The molecule has 0 aromatic heterocycles. The third-order valence-electron chi connectivity index (χ3n) is 1.47. The minimum absolute atomic E-state index is 0. The average molecular weight is 262 g/mol. The van der Waals surface area contributed by atoms with Crippen molar-refractivity contribution in [1.82, 2.24) is 4.72 Å². The number of nitrogen functional groups attached to an aromatic ring is 1. The van der Waals surface area contributed by atoms with Crippen molar-refractivity contribution in [1.29, 1.82) is 0 Å². The third-order valence-corrected chi connectivity index (χ3v) is 2.92. The van der Waals surface area contributed by atoms with E-state index in [1.54, 1.807) is 0 Å². The molecule has 1 aromatic carbocycles. The van der Waals surface area contributed by atoms with E-state index in [2.05, 4.69) is 0 Å². The molecule has 8 heteroatoms. The quantitative estimate of drug-likeness (QED) is 0.517. The molecule has 0 aliphatic rings. The number of carbonyl (C=O) groups excluding carboxylic acids is 1. The van der Waals surface area contributed by atoms with Crippen LogP contribution >= 0.6 is 0 Å². The second-order valence-corrected chi connectivity index (χ2v) is 4.41. The minimum atomic E-state index is -3.73. The maximum atomic E-state index is 11.4. The van der Waals surface area contributed by atoms with Crippen molar-refractivity contribution in [3.05, 3.63) is 24.3 Å². The van der Waals surface area contributed by atoms with E-state index in [1.165, 1.54) is 24.3 Å². The van der Waals surface area contributed by atoms with Crippen LogP contribution < -0.4 is 10.5 Å². The van der Waals surface area contributed by atoms with Gasteiger partial charge in [-0.05, 0) is 24.3 Å². The van der Waals surface area contributed by atoms with E-state index in [0.717, 1.165) is 6.92 Å². The van der Waals surface area contributed by atoms with Crippen molar-refractivity contribution < 1.29 is 13.2 Å². The molecule has 1 rings (SSSR count). The van der Waals surface area contributed by atoms with Crippen LogP contribution in [0.25, 0.3) is 0 Å². The van der Waals surface area contributed by atoms with E-state index in [0.29, 0.717) is 5.69 Å². The van der Waals surface area contributed by atoms with Gasteiger partial charge in [0.15, 0.2) is 0 Å². The van der Waals surface area contributed by atoms with Gasteiger partial charge in [-0.1, -0.05) is 0 Å². The van der Waals surface area contributed by atoms with Crippen LogP contribution in [0.5, 0.6) is 0 Å².